The fourth-order valence-electron chi connectivity index (χ4n) is 18.0. The monoisotopic (exact) mass is 1660 g/mol. The topological polar surface area (TPSA) is 309 Å². The van der Waals surface area contributed by atoms with Gasteiger partial charge in [-0.15, -0.1) is 0 Å². The first-order valence-electron chi connectivity index (χ1n) is 44.0. The highest BCUT2D eigenvalue weighted by molar-refractivity contribution is 5.80. The van der Waals surface area contributed by atoms with Gasteiger partial charge in [-0.3, -0.25) is 14.4 Å². The number of benzene rings is 6. The van der Waals surface area contributed by atoms with Crippen molar-refractivity contribution in [2.24, 2.45) is 41.2 Å². The van der Waals surface area contributed by atoms with Gasteiger partial charge in [-0.1, -0.05) is 109 Å². The average Bonchev–Trinajstić information content (AvgIpc) is 1.13. The Labute approximate surface area is 712 Å². The number of aliphatic hydroxyl groups is 3. The first-order chi connectivity index (χ1) is 57.6. The van der Waals surface area contributed by atoms with Crippen LogP contribution in [0.25, 0.3) is 0 Å². The SMILES string of the molecule is CC(C)(C)OC(=O)N[C@H]1CC[C@@H](C(=O)O)C1.COCCCCC(O)(c1ccccc1Oc1ccccc1)[C@@H]1CCCN(C(=O)[C@@H]2CC[C@H](N)C2)C1.COCCCCC(O)(c1ccccc1Oc1ccccc1)[C@@H]1CCCN(C(=O)[C@@H]2CC[C@H](NC(=O)OC(C)(C)C)C2)C1.COCCCCC(O)(c1ccccc1Oc1ccccc1)[C@@H]1CCCNC1. The van der Waals surface area contributed by atoms with E-state index in [0.717, 1.165) is 169 Å². The van der Waals surface area contributed by atoms with Gasteiger partial charge in [0.05, 0.1) is 22.7 Å². The number of para-hydroxylation sites is 6. The number of nitrogens with zero attached hydrogens (tertiary/aromatic N) is 2. The summed E-state index contributed by atoms with van der Waals surface area (Å²) >= 11 is 0. The number of carbonyl (C=O) groups is 5. The minimum absolute atomic E-state index is 0.0206. The summed E-state index contributed by atoms with van der Waals surface area (Å²) in [6, 6.07) is 52.5. The molecule has 3 unspecified atom stereocenters. The van der Waals surface area contributed by atoms with Gasteiger partial charge in [-0.25, -0.2) is 9.59 Å². The molecule has 3 saturated carbocycles. The Balaban J connectivity index is 0.000000191. The molecule has 12 rings (SSSR count). The number of piperidine rings is 3. The molecule has 23 nitrogen and oxygen atoms in total. The number of carbonyl (C=O) groups excluding carboxylic acids is 4. The van der Waals surface area contributed by atoms with Gasteiger partial charge < -0.3 is 89.8 Å². The number of nitrogens with one attached hydrogen (secondary N) is 3. The minimum Gasteiger partial charge on any atom is -0.481 e. The molecule has 3 heterocycles. The standard InChI is InChI=1S/C34H48N2O6.C29H40N2O4.C23H31NO3.C11H19NO4/c1-33(2,3)42-32(38)35-27-19-18-25(23-27)31(37)36-21-12-13-26(24-36)34(39,20-10-11-22-40-4)29-16-8-9-17-30(29)41-28-14-6-5-7-15-28;1-34-19-8-7-17-29(33,26-13-5-6-14-27(26)35-25-11-3-2-4-12-25)23-10-9-18-31(21-23)28(32)22-15-16-24(30)20-22;1-26-17-8-7-15-23(25,19-10-9-16-24-18-19)21-13-5-6-14-22(21)27-20-11-3-2-4-12-20;1-11(2,3)16-10(15)12-8-5-4-7(6-8)9(13)14/h5-9,14-17,25-27,39H,10-13,18-24H2,1-4H3,(H,35,38);2-6,11-14,22-24,33H,7-10,15-21,30H2,1H3;2-6,11-14,19,24-25H,7-10,15-18H2,1H3;7-8H,4-6H2,1-3H3,(H,12,15)(H,13,14)/t25-,26-,27+,34?;22-,23-,24+,29?;19-,23?;7-,8+/m1111/s1. The van der Waals surface area contributed by atoms with Crippen LogP contribution in [-0.4, -0.2) is 170 Å². The molecule has 23 heteroatoms. The van der Waals surface area contributed by atoms with E-state index in [9.17, 15) is 39.3 Å². The van der Waals surface area contributed by atoms with Crippen LogP contribution < -0.4 is 35.9 Å². The lowest BCUT2D eigenvalue weighted by Gasteiger charge is -2.44. The van der Waals surface area contributed by atoms with Gasteiger partial charge in [0.1, 0.15) is 45.7 Å². The maximum absolute atomic E-state index is 13.7. The van der Waals surface area contributed by atoms with Crippen LogP contribution in [0, 0.1) is 35.5 Å². The number of methoxy groups -OCH3 is 3. The predicted molar refractivity (Wildman–Crippen MR) is 466 cm³/mol. The van der Waals surface area contributed by atoms with Crippen LogP contribution in [0.5, 0.6) is 34.5 Å². The molecule has 6 fully saturated rings. The van der Waals surface area contributed by atoms with E-state index in [1.165, 1.54) is 0 Å². The normalized spacial score (nSPS) is 22.6. The van der Waals surface area contributed by atoms with Crippen LogP contribution in [0.2, 0.25) is 0 Å². The maximum Gasteiger partial charge on any atom is 0.407 e. The van der Waals surface area contributed by atoms with Gasteiger partial charge in [-0.05, 0) is 257 Å². The molecular formula is C97H138N6O17. The van der Waals surface area contributed by atoms with Crippen LogP contribution in [0.3, 0.4) is 0 Å². The highest BCUT2D eigenvalue weighted by Gasteiger charge is 2.47. The van der Waals surface area contributed by atoms with E-state index < -0.39 is 46.2 Å². The van der Waals surface area contributed by atoms with Crippen molar-refractivity contribution in [3.63, 3.8) is 0 Å². The second kappa shape index (κ2) is 47.1. The van der Waals surface area contributed by atoms with Crippen molar-refractivity contribution >= 4 is 30.0 Å². The largest absolute Gasteiger partial charge is 0.481 e. The molecule has 658 valence electrons. The Morgan fingerprint density at radius 2 is 0.767 bits per heavy atom. The van der Waals surface area contributed by atoms with E-state index in [0.29, 0.717) is 95.0 Å². The molecule has 6 aliphatic rings. The average molecular weight is 1660 g/mol. The fourth-order valence-corrected chi connectivity index (χ4v) is 18.0. The van der Waals surface area contributed by atoms with Gasteiger partial charge in [0.2, 0.25) is 11.8 Å². The summed E-state index contributed by atoms with van der Waals surface area (Å²) in [7, 11) is 5.12. The lowest BCUT2D eigenvalue weighted by molar-refractivity contribution is -0.142. The summed E-state index contributed by atoms with van der Waals surface area (Å²) in [5, 5.41) is 54.7. The maximum atomic E-state index is 13.7. The van der Waals surface area contributed by atoms with Crippen molar-refractivity contribution < 1.29 is 82.3 Å². The molecule has 0 radical (unpaired) electrons. The quantitative estimate of drug-likeness (QED) is 0.0182. The second-order valence-corrected chi connectivity index (χ2v) is 35.5. The van der Waals surface area contributed by atoms with Crippen LogP contribution in [0.1, 0.15) is 212 Å². The van der Waals surface area contributed by atoms with E-state index in [2.05, 4.69) is 16.0 Å². The molecule has 0 spiro atoms. The number of ether oxygens (including phenoxy) is 8. The molecule has 3 aliphatic carbocycles. The smallest absolute Gasteiger partial charge is 0.407 e. The summed E-state index contributed by atoms with van der Waals surface area (Å²) in [6.07, 6.45) is 18.1. The number of aliphatic carboxylic acids is 1. The van der Waals surface area contributed by atoms with Crippen molar-refractivity contribution in [1.82, 2.24) is 25.8 Å². The number of unbranched alkanes of at least 4 members (excludes halogenated alkanes) is 3. The molecule has 6 aromatic rings. The molecule has 3 aliphatic heterocycles. The number of nitrogens with two attached hydrogens (primary N) is 1. The third kappa shape index (κ3) is 29.0. The Morgan fingerprint density at radius 3 is 1.11 bits per heavy atom. The summed E-state index contributed by atoms with van der Waals surface area (Å²) in [5.41, 5.74) is 4.26. The van der Waals surface area contributed by atoms with Gasteiger partial charge in [0, 0.05) is 138 Å². The predicted octanol–water partition coefficient (Wildman–Crippen LogP) is 17.5. The zero-order valence-corrected chi connectivity index (χ0v) is 72.7. The molecule has 120 heavy (non-hydrogen) atoms. The number of carboxylic acid groups (broad SMARTS) is 1. The van der Waals surface area contributed by atoms with E-state index in [1.807, 2.05) is 194 Å². The summed E-state index contributed by atoms with van der Waals surface area (Å²) < 4.78 is 45.0. The van der Waals surface area contributed by atoms with E-state index >= 15 is 0 Å². The third-order valence-electron chi connectivity index (χ3n) is 24.1. The number of carboxylic acids is 1. The number of alkyl carbamates (subject to hydrolysis) is 2. The van der Waals surface area contributed by atoms with Gasteiger partial charge in [-0.2, -0.15) is 0 Å². The number of hydrogen-bond donors (Lipinski definition) is 8. The van der Waals surface area contributed by atoms with Crippen LogP contribution in [0.15, 0.2) is 164 Å². The minimum atomic E-state index is -1.17. The number of rotatable bonds is 32. The first-order valence-corrected chi connectivity index (χ1v) is 44.0. The number of amides is 4. The van der Waals surface area contributed by atoms with Crippen molar-refractivity contribution in [3.8, 4) is 34.5 Å². The second-order valence-electron chi connectivity index (χ2n) is 35.5. The molecule has 0 bridgehead atoms. The Morgan fingerprint density at radius 1 is 0.425 bits per heavy atom. The molecule has 9 N–H and O–H groups in total. The highest BCUT2D eigenvalue weighted by Crippen LogP contribution is 2.49. The molecule has 3 saturated heterocycles. The van der Waals surface area contributed by atoms with E-state index in [4.69, 9.17) is 48.7 Å². The Hall–Kier alpha value is -8.65. The Bertz CT molecular complexity index is 4070. The molecule has 4 amide bonds. The van der Waals surface area contributed by atoms with Crippen LogP contribution in [-0.2, 0) is 54.9 Å². The zero-order chi connectivity index (χ0) is 86.1. The van der Waals surface area contributed by atoms with Crippen molar-refractivity contribution in [1.29, 1.82) is 0 Å². The molecular weight excluding hydrogens is 1520 g/mol. The summed E-state index contributed by atoms with van der Waals surface area (Å²) in [4.78, 5) is 65.4. The van der Waals surface area contributed by atoms with Gasteiger partial charge in [0.15, 0.2) is 0 Å². The van der Waals surface area contributed by atoms with Gasteiger partial charge >= 0.3 is 18.2 Å². The molecule has 6 aromatic carbocycles. The van der Waals surface area contributed by atoms with E-state index in [-0.39, 0.29) is 65.4 Å². The fraction of sp³-hybridized carbons (Fsp3) is 0.577. The summed E-state index contributed by atoms with van der Waals surface area (Å²) in [5.74, 6) is 3.31. The van der Waals surface area contributed by atoms with Crippen molar-refractivity contribution in [2.45, 2.75) is 242 Å². The van der Waals surface area contributed by atoms with Crippen molar-refractivity contribution in [2.75, 3.05) is 80.4 Å². The van der Waals surface area contributed by atoms with Crippen LogP contribution >= 0.6 is 0 Å². The van der Waals surface area contributed by atoms with Crippen LogP contribution in [0.4, 0.5) is 9.59 Å². The number of hydrogen-bond acceptors (Lipinski definition) is 18. The number of likely N-dealkylation sites (tertiary alicyclic amines) is 2. The lowest BCUT2D eigenvalue weighted by atomic mass is 9.73. The molecule has 0 aromatic heterocycles. The lowest BCUT2D eigenvalue weighted by Crippen LogP contribution is -2.49. The zero-order valence-electron chi connectivity index (χ0n) is 72.7. The summed E-state index contributed by atoms with van der Waals surface area (Å²) in [6.45, 7) is 17.3. The Kier molecular flexibility index (Phi) is 37.4. The first kappa shape index (κ1) is 95.2. The molecule has 12 atom stereocenters. The van der Waals surface area contributed by atoms with E-state index in [1.54, 1.807) is 42.1 Å². The highest BCUT2D eigenvalue weighted by atomic mass is 16.6. The van der Waals surface area contributed by atoms with Gasteiger partial charge in [0.25, 0.3) is 0 Å². The van der Waals surface area contributed by atoms with Crippen molar-refractivity contribution in [3.05, 3.63) is 180 Å². The third-order valence-corrected chi connectivity index (χ3v) is 24.1.